The Kier molecular flexibility index (Phi) is 6.88. The number of thioether (sulfide) groups is 1. The number of rotatable bonds is 5. The Balaban J connectivity index is 1.70. The summed E-state index contributed by atoms with van der Waals surface area (Å²) in [6, 6.07) is 8.86. The number of carbonyl (C=O) groups is 2. The van der Waals surface area contributed by atoms with Gasteiger partial charge in [-0.25, -0.2) is 9.59 Å². The van der Waals surface area contributed by atoms with E-state index in [0.717, 1.165) is 23.5 Å². The highest BCUT2D eigenvalue weighted by molar-refractivity contribution is 7.99. The van der Waals surface area contributed by atoms with E-state index < -0.39 is 6.04 Å². The van der Waals surface area contributed by atoms with Crippen molar-refractivity contribution in [3.8, 4) is 0 Å². The van der Waals surface area contributed by atoms with Crippen LogP contribution in [0.3, 0.4) is 0 Å². The molecule has 2 amide bonds. The normalized spacial score (nSPS) is 23.1. The summed E-state index contributed by atoms with van der Waals surface area (Å²) >= 11 is 1.86. The second-order valence-corrected chi connectivity index (χ2v) is 9.01. The Morgan fingerprint density at radius 2 is 2.07 bits per heavy atom. The van der Waals surface area contributed by atoms with Gasteiger partial charge in [-0.15, -0.1) is 0 Å². The molecule has 28 heavy (non-hydrogen) atoms. The smallest absolute Gasteiger partial charge is 0.329 e. The minimum Gasteiger partial charge on any atom is -0.459 e. The summed E-state index contributed by atoms with van der Waals surface area (Å²) in [5.41, 5.74) is 0.687. The van der Waals surface area contributed by atoms with Crippen LogP contribution in [0.25, 0.3) is 0 Å². The molecule has 2 aliphatic heterocycles. The standard InChI is InChI=1S/C21H30N2O4S/c1-16(2)18(19(24)27-13-17-7-5-4-6-8-17)22(3)20(25)23-10-11-26-14-21(23)9-12-28-15-21/h4-8,16,18H,9-15H2,1-3H3/t18-,21?/m0/s1. The van der Waals surface area contributed by atoms with E-state index in [2.05, 4.69) is 0 Å². The van der Waals surface area contributed by atoms with Crippen LogP contribution in [0.15, 0.2) is 30.3 Å². The molecular weight excluding hydrogens is 376 g/mol. The van der Waals surface area contributed by atoms with E-state index >= 15 is 0 Å². The maximum Gasteiger partial charge on any atom is 0.329 e. The van der Waals surface area contributed by atoms with Crippen LogP contribution in [-0.4, -0.2) is 71.7 Å². The molecule has 0 aromatic heterocycles. The molecular formula is C21H30N2O4S. The highest BCUT2D eigenvalue weighted by Gasteiger charge is 2.47. The Hall–Kier alpha value is -1.73. The van der Waals surface area contributed by atoms with Gasteiger partial charge in [0.15, 0.2) is 0 Å². The van der Waals surface area contributed by atoms with Crippen LogP contribution in [0.1, 0.15) is 25.8 Å². The summed E-state index contributed by atoms with van der Waals surface area (Å²) in [5.74, 6) is 1.51. The van der Waals surface area contributed by atoms with Gasteiger partial charge in [0, 0.05) is 19.3 Å². The first-order valence-electron chi connectivity index (χ1n) is 9.85. The van der Waals surface area contributed by atoms with Gasteiger partial charge in [0.25, 0.3) is 0 Å². The number of amides is 2. The fourth-order valence-corrected chi connectivity index (χ4v) is 5.39. The first-order chi connectivity index (χ1) is 13.4. The molecule has 0 saturated carbocycles. The molecule has 3 rings (SSSR count). The van der Waals surface area contributed by atoms with Crippen LogP contribution in [0.5, 0.6) is 0 Å². The van der Waals surface area contributed by atoms with Crippen molar-refractivity contribution in [3.05, 3.63) is 35.9 Å². The fourth-order valence-electron chi connectivity index (χ4n) is 3.96. The van der Waals surface area contributed by atoms with Gasteiger partial charge in [-0.1, -0.05) is 44.2 Å². The lowest BCUT2D eigenvalue weighted by Crippen LogP contribution is -2.63. The molecule has 2 fully saturated rings. The molecule has 1 aromatic carbocycles. The van der Waals surface area contributed by atoms with Crippen molar-refractivity contribution in [2.24, 2.45) is 5.92 Å². The number of urea groups is 1. The van der Waals surface area contributed by atoms with Crippen LogP contribution in [-0.2, 0) is 20.9 Å². The number of carbonyl (C=O) groups excluding carboxylic acids is 2. The fraction of sp³-hybridized carbons (Fsp3) is 0.619. The number of hydrogen-bond donors (Lipinski definition) is 0. The second kappa shape index (κ2) is 9.18. The lowest BCUT2D eigenvalue weighted by Gasteiger charge is -2.46. The average Bonchev–Trinajstić information content (AvgIpc) is 3.15. The highest BCUT2D eigenvalue weighted by atomic mass is 32.2. The molecule has 6 nitrogen and oxygen atoms in total. The van der Waals surface area contributed by atoms with Gasteiger partial charge >= 0.3 is 12.0 Å². The summed E-state index contributed by atoms with van der Waals surface area (Å²) in [6.07, 6.45) is 0.933. The predicted octanol–water partition coefficient (Wildman–Crippen LogP) is 3.01. The summed E-state index contributed by atoms with van der Waals surface area (Å²) in [6.45, 7) is 5.77. The monoisotopic (exact) mass is 406 g/mol. The zero-order valence-corrected chi connectivity index (χ0v) is 17.7. The summed E-state index contributed by atoms with van der Waals surface area (Å²) in [7, 11) is 1.71. The van der Waals surface area contributed by atoms with Gasteiger partial charge < -0.3 is 19.3 Å². The molecule has 2 saturated heterocycles. The van der Waals surface area contributed by atoms with Crippen molar-refractivity contribution in [1.29, 1.82) is 0 Å². The quantitative estimate of drug-likeness (QED) is 0.704. The Labute approximate surface area is 171 Å². The van der Waals surface area contributed by atoms with E-state index in [-0.39, 0.29) is 30.1 Å². The highest BCUT2D eigenvalue weighted by Crippen LogP contribution is 2.36. The lowest BCUT2D eigenvalue weighted by atomic mass is 9.96. The molecule has 1 aromatic rings. The van der Waals surface area contributed by atoms with Gasteiger partial charge in [0.2, 0.25) is 0 Å². The maximum absolute atomic E-state index is 13.4. The molecule has 0 bridgehead atoms. The number of hydrogen-bond acceptors (Lipinski definition) is 5. The van der Waals surface area contributed by atoms with Crippen molar-refractivity contribution in [2.45, 2.75) is 38.5 Å². The number of ether oxygens (including phenoxy) is 2. The first-order valence-corrected chi connectivity index (χ1v) is 11.0. The number of nitrogens with zero attached hydrogens (tertiary/aromatic N) is 2. The second-order valence-electron chi connectivity index (χ2n) is 7.91. The Morgan fingerprint density at radius 1 is 1.32 bits per heavy atom. The average molecular weight is 407 g/mol. The zero-order chi connectivity index (χ0) is 20.1. The molecule has 1 spiro atoms. The summed E-state index contributed by atoms with van der Waals surface area (Å²) in [5, 5.41) is 0. The lowest BCUT2D eigenvalue weighted by molar-refractivity contribution is -0.152. The number of benzene rings is 1. The summed E-state index contributed by atoms with van der Waals surface area (Å²) in [4.78, 5) is 29.7. The molecule has 0 radical (unpaired) electrons. The van der Waals surface area contributed by atoms with Gasteiger partial charge in [0.05, 0.1) is 18.8 Å². The van der Waals surface area contributed by atoms with Gasteiger partial charge in [-0.3, -0.25) is 0 Å². The van der Waals surface area contributed by atoms with Crippen LogP contribution in [0, 0.1) is 5.92 Å². The van der Waals surface area contributed by atoms with Gasteiger partial charge in [-0.2, -0.15) is 11.8 Å². The van der Waals surface area contributed by atoms with Crippen LogP contribution in [0.2, 0.25) is 0 Å². The molecule has 7 heteroatoms. The number of esters is 1. The molecule has 2 heterocycles. The maximum atomic E-state index is 13.4. The number of likely N-dealkylation sites (N-methyl/N-ethyl adjacent to an activating group) is 1. The third-order valence-corrected chi connectivity index (χ3v) is 6.77. The minimum absolute atomic E-state index is 0.0489. The van der Waals surface area contributed by atoms with Crippen molar-refractivity contribution < 1.29 is 19.1 Å². The van der Waals surface area contributed by atoms with Crippen molar-refractivity contribution in [2.75, 3.05) is 38.3 Å². The van der Waals surface area contributed by atoms with Gasteiger partial charge in [-0.05, 0) is 23.7 Å². The van der Waals surface area contributed by atoms with Crippen molar-refractivity contribution >= 4 is 23.8 Å². The van der Waals surface area contributed by atoms with E-state index in [9.17, 15) is 9.59 Å². The minimum atomic E-state index is -0.620. The predicted molar refractivity (Wildman–Crippen MR) is 110 cm³/mol. The van der Waals surface area contributed by atoms with Crippen LogP contribution < -0.4 is 0 Å². The van der Waals surface area contributed by atoms with Crippen molar-refractivity contribution in [1.82, 2.24) is 9.80 Å². The van der Waals surface area contributed by atoms with E-state index in [0.29, 0.717) is 19.8 Å². The SMILES string of the molecule is CC(C)[C@@H](C(=O)OCc1ccccc1)N(C)C(=O)N1CCOCC12CCSC2. The summed E-state index contributed by atoms with van der Waals surface area (Å²) < 4.78 is 11.2. The zero-order valence-electron chi connectivity index (χ0n) is 16.9. The van der Waals surface area contributed by atoms with E-state index in [1.807, 2.05) is 60.8 Å². The third-order valence-electron chi connectivity index (χ3n) is 5.53. The molecule has 154 valence electrons. The van der Waals surface area contributed by atoms with Crippen LogP contribution in [0.4, 0.5) is 4.79 Å². The Morgan fingerprint density at radius 3 is 2.71 bits per heavy atom. The van der Waals surface area contributed by atoms with Crippen LogP contribution >= 0.6 is 11.8 Å². The molecule has 0 aliphatic carbocycles. The van der Waals surface area contributed by atoms with Gasteiger partial charge in [0.1, 0.15) is 12.6 Å². The molecule has 0 N–H and O–H groups in total. The third kappa shape index (κ3) is 4.46. The van der Waals surface area contributed by atoms with E-state index in [1.165, 1.54) is 0 Å². The molecule has 1 unspecified atom stereocenters. The van der Waals surface area contributed by atoms with E-state index in [4.69, 9.17) is 9.47 Å². The first kappa shape index (κ1) is 21.0. The molecule has 2 aliphatic rings. The topological polar surface area (TPSA) is 59.1 Å². The molecule has 2 atom stereocenters. The van der Waals surface area contributed by atoms with E-state index in [1.54, 1.807) is 11.9 Å². The Bertz CT molecular complexity index is 676. The largest absolute Gasteiger partial charge is 0.459 e. The number of morpholine rings is 1. The van der Waals surface area contributed by atoms with Crippen molar-refractivity contribution in [3.63, 3.8) is 0 Å².